The van der Waals surface area contributed by atoms with E-state index in [1.807, 2.05) is 0 Å². The second kappa shape index (κ2) is 4.10. The van der Waals surface area contributed by atoms with Crippen molar-refractivity contribution in [2.75, 3.05) is 0 Å². The van der Waals surface area contributed by atoms with E-state index < -0.39 is 22.4 Å². The number of rotatable bonds is 1. The van der Waals surface area contributed by atoms with Gasteiger partial charge < -0.3 is 9.47 Å². The zero-order valence-corrected chi connectivity index (χ0v) is 10.2. The third-order valence-electron chi connectivity index (χ3n) is 2.58. The molecule has 5 nitrogen and oxygen atoms in total. The van der Waals surface area contributed by atoms with Crippen LogP contribution in [0, 0.1) is 10.1 Å². The summed E-state index contributed by atoms with van der Waals surface area (Å²) in [6.07, 6.45) is -4.71. The molecule has 0 N–H and O–H groups in total. The van der Waals surface area contributed by atoms with Crippen LogP contribution in [0.3, 0.4) is 0 Å². The molecule has 3 rings (SSSR count). The zero-order chi connectivity index (χ0) is 14.5. The summed E-state index contributed by atoms with van der Waals surface area (Å²) < 4.78 is 48.6. The Morgan fingerprint density at radius 1 is 1.10 bits per heavy atom. The molecule has 0 unspecified atom stereocenters. The van der Waals surface area contributed by atoms with Crippen molar-refractivity contribution in [1.82, 2.24) is 0 Å². The summed E-state index contributed by atoms with van der Waals surface area (Å²) in [5, 5.41) is 14.0. The van der Waals surface area contributed by atoms with Crippen molar-refractivity contribution in [2.45, 2.75) is 6.18 Å². The van der Waals surface area contributed by atoms with Gasteiger partial charge >= 0.3 is 11.9 Å². The molecule has 0 saturated heterocycles. The first kappa shape index (κ1) is 12.7. The summed E-state index contributed by atoms with van der Waals surface area (Å²) in [5.74, 6) is -0.173. The third-order valence-corrected chi connectivity index (χ3v) is 3.28. The highest BCUT2D eigenvalue weighted by molar-refractivity contribution is 7.08. The van der Waals surface area contributed by atoms with Gasteiger partial charge in [-0.1, -0.05) is 0 Å². The number of nitro benzene ring substituents is 1. The highest BCUT2D eigenvalue weighted by atomic mass is 32.1. The Balaban J connectivity index is 2.19. The van der Waals surface area contributed by atoms with Crippen molar-refractivity contribution < 1.29 is 27.6 Å². The van der Waals surface area contributed by atoms with Crippen LogP contribution in [0.15, 0.2) is 22.9 Å². The summed E-state index contributed by atoms with van der Waals surface area (Å²) >= 11 is 1.21. The number of fused-ring (bicyclic) bond motifs is 2. The predicted molar refractivity (Wildman–Crippen MR) is 62.6 cm³/mol. The number of thiophene rings is 1. The molecule has 1 aromatic carbocycles. The lowest BCUT2D eigenvalue weighted by Crippen LogP contribution is -2.08. The SMILES string of the molecule is O=[N+]([O-])c1cc(C(F)(F)F)cc2c1Oc1cscc1O2. The van der Waals surface area contributed by atoms with Gasteiger partial charge in [0.1, 0.15) is 0 Å². The lowest BCUT2D eigenvalue weighted by Gasteiger charge is -2.19. The molecular formula is C11H4F3NO4S. The number of hydrogen-bond donors (Lipinski definition) is 0. The number of ether oxygens (including phenoxy) is 2. The largest absolute Gasteiger partial charge is 0.448 e. The second-order valence-corrected chi connectivity index (χ2v) is 4.63. The van der Waals surface area contributed by atoms with Gasteiger partial charge in [0.25, 0.3) is 0 Å². The fourth-order valence-electron chi connectivity index (χ4n) is 1.72. The van der Waals surface area contributed by atoms with E-state index in [0.717, 1.165) is 0 Å². The fourth-order valence-corrected chi connectivity index (χ4v) is 2.36. The van der Waals surface area contributed by atoms with Gasteiger partial charge in [-0.05, 0) is 6.07 Å². The van der Waals surface area contributed by atoms with Gasteiger partial charge in [-0.3, -0.25) is 10.1 Å². The Morgan fingerprint density at radius 3 is 2.35 bits per heavy atom. The third kappa shape index (κ3) is 1.95. The normalized spacial score (nSPS) is 12.9. The van der Waals surface area contributed by atoms with Crippen LogP contribution in [-0.4, -0.2) is 4.92 Å². The van der Waals surface area contributed by atoms with Crippen LogP contribution < -0.4 is 9.47 Å². The summed E-state index contributed by atoms with van der Waals surface area (Å²) in [5.41, 5.74) is -1.95. The first-order valence-electron chi connectivity index (χ1n) is 5.18. The minimum absolute atomic E-state index is 0.233. The molecule has 0 radical (unpaired) electrons. The number of alkyl halides is 3. The molecule has 0 atom stereocenters. The molecule has 0 fully saturated rings. The van der Waals surface area contributed by atoms with Gasteiger partial charge in [0, 0.05) is 16.8 Å². The summed E-state index contributed by atoms with van der Waals surface area (Å²) in [4.78, 5) is 9.97. The van der Waals surface area contributed by atoms with E-state index in [1.54, 1.807) is 5.38 Å². The van der Waals surface area contributed by atoms with Crippen LogP contribution in [0.1, 0.15) is 5.56 Å². The molecule has 2 heterocycles. The minimum atomic E-state index is -4.71. The molecule has 1 aliphatic rings. The highest BCUT2D eigenvalue weighted by Gasteiger charge is 2.37. The summed E-state index contributed by atoms with van der Waals surface area (Å²) in [6, 6.07) is 1.11. The second-order valence-electron chi connectivity index (χ2n) is 3.88. The number of nitrogens with zero attached hydrogens (tertiary/aromatic N) is 1. The fraction of sp³-hybridized carbons (Fsp3) is 0.0909. The van der Waals surface area contributed by atoms with Crippen LogP contribution in [0.5, 0.6) is 23.0 Å². The Labute approximate surface area is 113 Å². The molecule has 0 bridgehead atoms. The molecule has 0 spiro atoms. The van der Waals surface area contributed by atoms with Gasteiger partial charge in [0.2, 0.25) is 5.75 Å². The first-order valence-corrected chi connectivity index (χ1v) is 6.12. The average Bonchev–Trinajstić information content (AvgIpc) is 2.80. The lowest BCUT2D eigenvalue weighted by atomic mass is 10.1. The number of benzene rings is 1. The van der Waals surface area contributed by atoms with Gasteiger partial charge in [-0.25, -0.2) is 0 Å². The van der Waals surface area contributed by atoms with Gasteiger partial charge in [0.05, 0.1) is 10.5 Å². The van der Waals surface area contributed by atoms with Crippen LogP contribution in [0.25, 0.3) is 0 Å². The van der Waals surface area contributed by atoms with Gasteiger partial charge in [-0.15, -0.1) is 11.3 Å². The van der Waals surface area contributed by atoms with E-state index >= 15 is 0 Å². The molecule has 20 heavy (non-hydrogen) atoms. The van der Waals surface area contributed by atoms with Crippen molar-refractivity contribution >= 4 is 17.0 Å². The van der Waals surface area contributed by atoms with Crippen molar-refractivity contribution in [3.05, 3.63) is 38.6 Å². The monoisotopic (exact) mass is 303 g/mol. The minimum Gasteiger partial charge on any atom is -0.448 e. The molecular weight excluding hydrogens is 299 g/mol. The Hall–Kier alpha value is -2.29. The number of halogens is 3. The molecule has 0 amide bonds. The molecule has 1 aromatic heterocycles. The first-order chi connectivity index (χ1) is 9.36. The Kier molecular flexibility index (Phi) is 2.61. The van der Waals surface area contributed by atoms with Gasteiger partial charge in [0.15, 0.2) is 17.2 Å². The van der Waals surface area contributed by atoms with Crippen molar-refractivity contribution in [1.29, 1.82) is 0 Å². The van der Waals surface area contributed by atoms with Crippen molar-refractivity contribution in [2.24, 2.45) is 0 Å². The standard InChI is InChI=1S/C11H4F3NO4S/c12-11(13,14)5-1-6(15(16)17)10-7(2-5)18-8-3-20-4-9(8)19-10/h1-4H. The molecule has 9 heteroatoms. The Bertz CT molecular complexity index is 710. The number of hydrogen-bond acceptors (Lipinski definition) is 5. The smallest absolute Gasteiger partial charge is 0.416 e. The summed E-state index contributed by atoms with van der Waals surface area (Å²) in [7, 11) is 0. The van der Waals surface area contributed by atoms with E-state index in [1.165, 1.54) is 16.7 Å². The molecule has 0 saturated carbocycles. The van der Waals surface area contributed by atoms with Crippen LogP contribution in [-0.2, 0) is 6.18 Å². The Morgan fingerprint density at radius 2 is 1.75 bits per heavy atom. The van der Waals surface area contributed by atoms with E-state index in [-0.39, 0.29) is 23.0 Å². The molecule has 0 aliphatic carbocycles. The highest BCUT2D eigenvalue weighted by Crippen LogP contribution is 2.52. The number of nitro groups is 1. The molecule has 2 aromatic rings. The maximum Gasteiger partial charge on any atom is 0.416 e. The van der Waals surface area contributed by atoms with Crippen molar-refractivity contribution in [3.63, 3.8) is 0 Å². The predicted octanol–water partition coefficient (Wildman–Crippen LogP) is 4.57. The molecule has 104 valence electrons. The van der Waals surface area contributed by atoms with Crippen LogP contribution >= 0.6 is 11.3 Å². The molecule has 1 aliphatic heterocycles. The summed E-state index contributed by atoms with van der Waals surface area (Å²) in [6.45, 7) is 0. The topological polar surface area (TPSA) is 61.6 Å². The zero-order valence-electron chi connectivity index (χ0n) is 9.43. The average molecular weight is 303 g/mol. The van der Waals surface area contributed by atoms with Crippen LogP contribution in [0.4, 0.5) is 18.9 Å². The maximum absolute atomic E-state index is 12.7. The van der Waals surface area contributed by atoms with Crippen LogP contribution in [0.2, 0.25) is 0 Å². The quantitative estimate of drug-likeness (QED) is 0.488. The van der Waals surface area contributed by atoms with E-state index in [2.05, 4.69) is 0 Å². The van der Waals surface area contributed by atoms with E-state index in [4.69, 9.17) is 9.47 Å². The van der Waals surface area contributed by atoms with Gasteiger partial charge in [-0.2, -0.15) is 13.2 Å². The lowest BCUT2D eigenvalue weighted by molar-refractivity contribution is -0.386. The van der Waals surface area contributed by atoms with E-state index in [9.17, 15) is 23.3 Å². The van der Waals surface area contributed by atoms with E-state index in [0.29, 0.717) is 12.1 Å². The maximum atomic E-state index is 12.7. The van der Waals surface area contributed by atoms with Crippen molar-refractivity contribution in [3.8, 4) is 23.0 Å².